The molecule has 1 aliphatic heterocycles. The summed E-state index contributed by atoms with van der Waals surface area (Å²) in [4.78, 5) is 87.6. The number of allylic oxidation sites excluding steroid dienone is 4. The predicted octanol–water partition coefficient (Wildman–Crippen LogP) is 6.10. The van der Waals surface area contributed by atoms with Crippen molar-refractivity contribution in [3.63, 3.8) is 0 Å². The van der Waals surface area contributed by atoms with Crippen LogP contribution in [0.3, 0.4) is 0 Å². The lowest BCUT2D eigenvalue weighted by Crippen LogP contribution is -2.30. The monoisotopic (exact) mass is 665 g/mol. The number of hydrogen-bond donors (Lipinski definition) is 1. The van der Waals surface area contributed by atoms with Crippen LogP contribution in [-0.2, 0) is 4.79 Å². The van der Waals surface area contributed by atoms with Crippen LogP contribution >= 0.6 is 0 Å². The van der Waals surface area contributed by atoms with Gasteiger partial charge in [0.05, 0.1) is 33.8 Å². The van der Waals surface area contributed by atoms with Crippen LogP contribution < -0.4 is 19.9 Å². The van der Waals surface area contributed by atoms with Crippen molar-refractivity contribution >= 4 is 62.3 Å². The number of carbonyl (C=O) groups is 5. The van der Waals surface area contributed by atoms with Crippen molar-refractivity contribution in [1.29, 1.82) is 0 Å². The third kappa shape index (κ3) is 4.85. The summed E-state index contributed by atoms with van der Waals surface area (Å²) in [5, 5.41) is 1.09. The number of nitrogens with zero attached hydrogens (tertiary/aromatic N) is 2. The SMILES string of the molecule is CC(=O)Oc1ccc2nc(C3C(=O)c4cc5cc6c(cc5cc4C3=O)C(=O)N(c3ccc(C4=CCC=C4)cc3OC(C)C)C6=O)[nH]c(=O)c2c1. The number of rotatable bonds is 6. The largest absolute Gasteiger partial charge is 0.489 e. The average molecular weight is 666 g/mol. The zero-order valence-electron chi connectivity index (χ0n) is 27.0. The number of Topliss-reactive ketones (excluding diaryl/α,β-unsaturated/α-hetero) is 2. The minimum absolute atomic E-state index is 0.118. The summed E-state index contributed by atoms with van der Waals surface area (Å²) >= 11 is 0. The second-order valence-electron chi connectivity index (χ2n) is 12.6. The second kappa shape index (κ2) is 11.3. The Kier molecular flexibility index (Phi) is 6.97. The maximum absolute atomic E-state index is 13.9. The Balaban J connectivity index is 1.15. The van der Waals surface area contributed by atoms with Crippen molar-refractivity contribution < 1.29 is 33.4 Å². The molecule has 5 aromatic rings. The lowest BCUT2D eigenvalue weighted by atomic mass is 9.98. The quantitative estimate of drug-likeness (QED) is 0.0982. The van der Waals surface area contributed by atoms with Gasteiger partial charge in [0.2, 0.25) is 0 Å². The van der Waals surface area contributed by atoms with Crippen molar-refractivity contribution in [1.82, 2.24) is 9.97 Å². The lowest BCUT2D eigenvalue weighted by Gasteiger charge is -2.21. The smallest absolute Gasteiger partial charge is 0.308 e. The van der Waals surface area contributed by atoms with Gasteiger partial charge in [0, 0.05) is 18.1 Å². The number of benzene rings is 4. The van der Waals surface area contributed by atoms with Crippen LogP contribution in [0, 0.1) is 0 Å². The van der Waals surface area contributed by atoms with E-state index in [-0.39, 0.29) is 50.8 Å². The number of carbonyl (C=O) groups excluding carboxylic acids is 5. The van der Waals surface area contributed by atoms with Crippen molar-refractivity contribution in [2.75, 3.05) is 4.90 Å². The first-order valence-electron chi connectivity index (χ1n) is 16.0. The van der Waals surface area contributed by atoms with Gasteiger partial charge in [-0.1, -0.05) is 24.3 Å². The van der Waals surface area contributed by atoms with Gasteiger partial charge in [-0.3, -0.25) is 28.8 Å². The minimum atomic E-state index is -1.39. The molecule has 0 saturated heterocycles. The molecule has 0 bridgehead atoms. The summed E-state index contributed by atoms with van der Waals surface area (Å²) in [6, 6.07) is 15.8. The average Bonchev–Trinajstić information content (AvgIpc) is 3.76. The summed E-state index contributed by atoms with van der Waals surface area (Å²) in [7, 11) is 0. The van der Waals surface area contributed by atoms with Crippen LogP contribution in [0.5, 0.6) is 11.5 Å². The Morgan fingerprint density at radius 2 is 1.52 bits per heavy atom. The first-order chi connectivity index (χ1) is 24.0. The molecular weight excluding hydrogens is 638 g/mol. The molecule has 0 radical (unpaired) electrons. The van der Waals surface area contributed by atoms with E-state index < -0.39 is 40.8 Å². The normalized spacial score (nSPS) is 15.4. The third-order valence-electron chi connectivity index (χ3n) is 8.93. The molecule has 2 amide bonds. The van der Waals surface area contributed by atoms with Gasteiger partial charge in [0.25, 0.3) is 17.4 Å². The van der Waals surface area contributed by atoms with Crippen molar-refractivity contribution in [3.05, 3.63) is 123 Å². The van der Waals surface area contributed by atoms with E-state index in [2.05, 4.69) is 16.0 Å². The zero-order valence-corrected chi connectivity index (χ0v) is 27.0. The molecule has 246 valence electrons. The Labute approximate surface area is 283 Å². The fourth-order valence-electron chi connectivity index (χ4n) is 6.74. The number of H-pyrrole nitrogens is 1. The van der Waals surface area contributed by atoms with E-state index in [0.717, 1.165) is 22.5 Å². The number of hydrogen-bond acceptors (Lipinski definition) is 9. The Hall–Kier alpha value is -6.49. The molecule has 1 N–H and O–H groups in total. The number of esters is 1. The lowest BCUT2D eigenvalue weighted by molar-refractivity contribution is -0.131. The van der Waals surface area contributed by atoms with Gasteiger partial charge in [-0.2, -0.15) is 0 Å². The first kappa shape index (κ1) is 30.8. The zero-order chi connectivity index (χ0) is 35.0. The van der Waals surface area contributed by atoms with E-state index in [1.165, 1.54) is 37.3 Å². The second-order valence-corrected chi connectivity index (χ2v) is 12.6. The molecule has 50 heavy (non-hydrogen) atoms. The molecular formula is C39H27N3O8. The predicted molar refractivity (Wildman–Crippen MR) is 184 cm³/mol. The highest BCUT2D eigenvalue weighted by Gasteiger charge is 2.43. The number of aromatic amines is 1. The molecule has 0 unspecified atom stereocenters. The topological polar surface area (TPSA) is 153 Å². The Morgan fingerprint density at radius 3 is 2.12 bits per heavy atom. The molecule has 11 nitrogen and oxygen atoms in total. The van der Waals surface area contributed by atoms with Crippen LogP contribution in [0.15, 0.2) is 83.7 Å². The van der Waals surface area contributed by atoms with Crippen LogP contribution in [-0.4, -0.2) is 45.4 Å². The number of nitrogens with one attached hydrogen (secondary N) is 1. The van der Waals surface area contributed by atoms with Crippen LogP contribution in [0.2, 0.25) is 0 Å². The highest BCUT2D eigenvalue weighted by Crippen LogP contribution is 2.41. The summed E-state index contributed by atoms with van der Waals surface area (Å²) in [5.74, 6) is -3.71. The molecule has 1 aromatic heterocycles. The number of ether oxygens (including phenoxy) is 2. The number of ketones is 2. The van der Waals surface area contributed by atoms with Gasteiger partial charge in [-0.25, -0.2) is 9.88 Å². The summed E-state index contributed by atoms with van der Waals surface area (Å²) < 4.78 is 11.1. The summed E-state index contributed by atoms with van der Waals surface area (Å²) in [6.45, 7) is 4.96. The molecule has 2 heterocycles. The maximum Gasteiger partial charge on any atom is 0.308 e. The van der Waals surface area contributed by atoms with Crippen LogP contribution in [0.25, 0.3) is 27.2 Å². The molecule has 11 heteroatoms. The van der Waals surface area contributed by atoms with Crippen molar-refractivity contribution in [2.45, 2.75) is 39.2 Å². The molecule has 3 aliphatic rings. The molecule has 8 rings (SSSR count). The van der Waals surface area contributed by atoms with Gasteiger partial charge in [0.15, 0.2) is 11.6 Å². The molecule has 0 saturated carbocycles. The van der Waals surface area contributed by atoms with E-state index in [0.29, 0.717) is 22.2 Å². The van der Waals surface area contributed by atoms with E-state index in [4.69, 9.17) is 9.47 Å². The van der Waals surface area contributed by atoms with Crippen LogP contribution in [0.4, 0.5) is 5.69 Å². The fraction of sp³-hybridized carbons (Fsp3) is 0.154. The summed E-state index contributed by atoms with van der Waals surface area (Å²) in [6.07, 6.45) is 6.74. The van der Waals surface area contributed by atoms with Crippen molar-refractivity contribution in [3.8, 4) is 11.5 Å². The Bertz CT molecular complexity index is 2470. The number of anilines is 1. The fourth-order valence-corrected chi connectivity index (χ4v) is 6.74. The number of amides is 2. The van der Waals surface area contributed by atoms with Gasteiger partial charge >= 0.3 is 5.97 Å². The van der Waals surface area contributed by atoms with Gasteiger partial charge in [-0.05, 0) is 96.8 Å². The standard InChI is InChI=1S/C39H27N3O8/c1-18(2)49-32-16-21(20-6-4-5-7-20)8-11-31(32)42-38(47)27-14-22-12-25-26(13-23(22)15-28(27)39(42)48)35(45)33(34(25)44)36-40-30-10-9-24(50-19(3)43)17-29(30)37(46)41-36/h4,6-18,33H,5H2,1-3H3,(H,40,41,46). The molecule has 0 spiro atoms. The molecule has 0 atom stereocenters. The first-order valence-corrected chi connectivity index (χ1v) is 16.0. The van der Waals surface area contributed by atoms with E-state index in [1.807, 2.05) is 38.1 Å². The molecule has 0 fully saturated rings. The third-order valence-corrected chi connectivity index (χ3v) is 8.93. The highest BCUT2D eigenvalue weighted by atomic mass is 16.5. The van der Waals surface area contributed by atoms with Crippen molar-refractivity contribution in [2.24, 2.45) is 0 Å². The molecule has 4 aromatic carbocycles. The molecule has 2 aliphatic carbocycles. The summed E-state index contributed by atoms with van der Waals surface area (Å²) in [5.41, 5.74) is 2.40. The maximum atomic E-state index is 13.9. The number of aromatic nitrogens is 2. The van der Waals surface area contributed by atoms with E-state index >= 15 is 0 Å². The number of fused-ring (bicyclic) bond motifs is 4. The van der Waals surface area contributed by atoms with E-state index in [1.54, 1.807) is 18.2 Å². The van der Waals surface area contributed by atoms with Crippen LogP contribution in [0.1, 0.15) is 85.9 Å². The Morgan fingerprint density at radius 1 is 0.860 bits per heavy atom. The van der Waals surface area contributed by atoms with Gasteiger partial charge < -0.3 is 14.5 Å². The number of imide groups is 1. The highest BCUT2D eigenvalue weighted by molar-refractivity contribution is 6.36. The van der Waals surface area contributed by atoms with Gasteiger partial charge in [-0.15, -0.1) is 0 Å². The van der Waals surface area contributed by atoms with E-state index in [9.17, 15) is 28.8 Å². The van der Waals surface area contributed by atoms with Gasteiger partial charge in [0.1, 0.15) is 23.2 Å². The minimum Gasteiger partial charge on any atom is -0.489 e.